The number of amides is 1. The Kier molecular flexibility index (Phi) is 5.72. The van der Waals surface area contributed by atoms with Gasteiger partial charge in [0.05, 0.1) is 22.0 Å². The van der Waals surface area contributed by atoms with E-state index in [2.05, 4.69) is 4.74 Å². The molecule has 11 nitrogen and oxygen atoms in total. The van der Waals surface area contributed by atoms with Crippen LogP contribution in [0.4, 0.5) is 16.2 Å². The Morgan fingerprint density at radius 2 is 1.91 bits per heavy atom. The van der Waals surface area contributed by atoms with Crippen LogP contribution in [0.15, 0.2) is 23.1 Å². The summed E-state index contributed by atoms with van der Waals surface area (Å²) in [7, 11) is 0. The second-order valence-electron chi connectivity index (χ2n) is 8.06. The number of hydrogen-bond acceptors (Lipinski definition) is 7. The predicted molar refractivity (Wildman–Crippen MR) is 115 cm³/mol. The lowest BCUT2D eigenvalue weighted by Crippen LogP contribution is -2.48. The van der Waals surface area contributed by atoms with Gasteiger partial charge in [0, 0.05) is 44.7 Å². The van der Waals surface area contributed by atoms with E-state index in [1.165, 1.54) is 12.3 Å². The van der Waals surface area contributed by atoms with Gasteiger partial charge in [0.15, 0.2) is 5.75 Å². The topological polar surface area (TPSA) is 135 Å². The molecule has 0 bridgehead atoms. The molecule has 0 unspecified atom stereocenters. The number of piperazine rings is 1. The van der Waals surface area contributed by atoms with E-state index in [0.717, 1.165) is 19.3 Å². The van der Waals surface area contributed by atoms with Gasteiger partial charge >= 0.3 is 6.16 Å². The van der Waals surface area contributed by atoms with Crippen molar-refractivity contribution in [3.8, 4) is 5.75 Å². The van der Waals surface area contributed by atoms with E-state index < -0.39 is 16.5 Å². The van der Waals surface area contributed by atoms with Crippen LogP contribution in [0.3, 0.4) is 0 Å². The molecule has 2 aliphatic rings. The van der Waals surface area contributed by atoms with Gasteiger partial charge < -0.3 is 24.2 Å². The molecule has 1 saturated heterocycles. The maximum atomic E-state index is 12.8. The van der Waals surface area contributed by atoms with Crippen molar-refractivity contribution in [2.45, 2.75) is 38.6 Å². The molecular weight excluding hydrogens is 420 g/mol. The van der Waals surface area contributed by atoms with Crippen molar-refractivity contribution in [2.75, 3.05) is 31.1 Å². The van der Waals surface area contributed by atoms with Crippen LogP contribution in [0.2, 0.25) is 0 Å². The molecule has 0 spiro atoms. The summed E-state index contributed by atoms with van der Waals surface area (Å²) in [5.74, 6) is -0.296. The maximum Gasteiger partial charge on any atom is 0.511 e. The predicted octanol–water partition coefficient (Wildman–Crippen LogP) is 2.75. The zero-order chi connectivity index (χ0) is 23.0. The van der Waals surface area contributed by atoms with Crippen molar-refractivity contribution in [3.63, 3.8) is 0 Å². The summed E-state index contributed by atoms with van der Waals surface area (Å²) < 4.78 is 6.41. The van der Waals surface area contributed by atoms with Crippen LogP contribution in [-0.4, -0.2) is 57.7 Å². The number of pyridine rings is 1. The first-order valence-corrected chi connectivity index (χ1v) is 10.6. The Bertz CT molecular complexity index is 1150. The van der Waals surface area contributed by atoms with E-state index in [0.29, 0.717) is 43.8 Å². The smallest absolute Gasteiger partial charge is 0.449 e. The fraction of sp³-hybridized carbons (Fsp3) is 0.476. The number of benzene rings is 1. The normalized spacial score (nSPS) is 16.3. The molecule has 1 saturated carbocycles. The number of nitrogens with zero attached hydrogens (tertiary/aromatic N) is 4. The number of aromatic nitrogens is 1. The van der Waals surface area contributed by atoms with Crippen LogP contribution in [0.25, 0.3) is 10.9 Å². The number of nitro groups is 1. The Labute approximate surface area is 182 Å². The molecule has 1 aliphatic carbocycles. The average Bonchev–Trinajstić information content (AvgIpc) is 3.60. The van der Waals surface area contributed by atoms with Crippen LogP contribution in [0.1, 0.15) is 38.6 Å². The molecule has 11 heteroatoms. The minimum Gasteiger partial charge on any atom is -0.449 e. The highest BCUT2D eigenvalue weighted by molar-refractivity contribution is 5.89. The van der Waals surface area contributed by atoms with E-state index >= 15 is 0 Å². The molecule has 1 N–H and O–H groups in total. The van der Waals surface area contributed by atoms with Crippen LogP contribution in [0, 0.1) is 10.1 Å². The van der Waals surface area contributed by atoms with E-state index in [9.17, 15) is 24.5 Å². The van der Waals surface area contributed by atoms with E-state index in [-0.39, 0.29) is 28.8 Å². The molecule has 1 aliphatic heterocycles. The van der Waals surface area contributed by atoms with Gasteiger partial charge in [0.1, 0.15) is 5.69 Å². The third kappa shape index (κ3) is 4.10. The second kappa shape index (κ2) is 8.48. The van der Waals surface area contributed by atoms with Gasteiger partial charge in [-0.25, -0.2) is 4.79 Å². The summed E-state index contributed by atoms with van der Waals surface area (Å²) in [5, 5.41) is 20.8. The van der Waals surface area contributed by atoms with Crippen molar-refractivity contribution in [2.24, 2.45) is 0 Å². The second-order valence-corrected chi connectivity index (χ2v) is 8.06. The van der Waals surface area contributed by atoms with Crippen LogP contribution in [-0.2, 0) is 4.79 Å². The highest BCUT2D eigenvalue weighted by Gasteiger charge is 2.31. The Balaban J connectivity index is 1.77. The third-order valence-electron chi connectivity index (χ3n) is 5.87. The molecular formula is C21H24N4O7. The largest absolute Gasteiger partial charge is 0.511 e. The molecule has 170 valence electrons. The highest BCUT2D eigenvalue weighted by Crippen LogP contribution is 2.40. The summed E-state index contributed by atoms with van der Waals surface area (Å²) >= 11 is 0. The zero-order valence-corrected chi connectivity index (χ0v) is 17.7. The van der Waals surface area contributed by atoms with Crippen LogP contribution < -0.4 is 15.1 Å². The Hall–Kier alpha value is -3.63. The molecule has 0 atom stereocenters. The van der Waals surface area contributed by atoms with Gasteiger partial charge in [-0.3, -0.25) is 19.7 Å². The standard InChI is InChI=1S/C21H24N4O7/c1-2-3-19(26)23-8-6-22(7-9-23)16-11-15-14(10-17(16)25(30)31)20(27)18(32-21(28)29)12-24(15)13-4-5-13/h10-13H,2-9H2,1H3,(H,28,29). The summed E-state index contributed by atoms with van der Waals surface area (Å²) in [6.45, 7) is 3.76. The highest BCUT2D eigenvalue weighted by atomic mass is 16.7. The first kappa shape index (κ1) is 21.6. The fourth-order valence-electron chi connectivity index (χ4n) is 4.14. The van der Waals surface area contributed by atoms with E-state index in [1.807, 2.05) is 11.8 Å². The van der Waals surface area contributed by atoms with E-state index in [4.69, 9.17) is 5.11 Å². The lowest BCUT2D eigenvalue weighted by atomic mass is 10.1. The molecule has 2 heterocycles. The number of carbonyl (C=O) groups is 2. The Morgan fingerprint density at radius 3 is 2.47 bits per heavy atom. The summed E-state index contributed by atoms with van der Waals surface area (Å²) in [4.78, 5) is 50.9. The summed E-state index contributed by atoms with van der Waals surface area (Å²) in [6, 6.07) is 2.91. The lowest BCUT2D eigenvalue weighted by molar-refractivity contribution is -0.384. The molecule has 4 rings (SSSR count). The Morgan fingerprint density at radius 1 is 1.22 bits per heavy atom. The molecule has 0 radical (unpaired) electrons. The molecule has 1 amide bonds. The van der Waals surface area contributed by atoms with Crippen molar-refractivity contribution in [1.82, 2.24) is 9.47 Å². The van der Waals surface area contributed by atoms with Crippen LogP contribution >= 0.6 is 0 Å². The monoisotopic (exact) mass is 444 g/mol. The van der Waals surface area contributed by atoms with Gasteiger partial charge in [0.25, 0.3) is 5.69 Å². The molecule has 1 aromatic carbocycles. The van der Waals surface area contributed by atoms with E-state index in [1.54, 1.807) is 15.5 Å². The van der Waals surface area contributed by atoms with Gasteiger partial charge in [-0.05, 0) is 25.3 Å². The lowest BCUT2D eigenvalue weighted by Gasteiger charge is -2.36. The summed E-state index contributed by atoms with van der Waals surface area (Å²) in [5.41, 5.74) is -0.0622. The average molecular weight is 444 g/mol. The quantitative estimate of drug-likeness (QED) is 0.408. The van der Waals surface area contributed by atoms with Crippen molar-refractivity contribution < 1.29 is 24.4 Å². The first-order valence-electron chi connectivity index (χ1n) is 10.6. The molecule has 32 heavy (non-hydrogen) atoms. The number of fused-ring (bicyclic) bond motifs is 1. The van der Waals surface area contributed by atoms with Crippen molar-refractivity contribution >= 4 is 34.3 Å². The zero-order valence-electron chi connectivity index (χ0n) is 17.7. The van der Waals surface area contributed by atoms with Gasteiger partial charge in [0.2, 0.25) is 11.3 Å². The molecule has 2 aromatic rings. The van der Waals surface area contributed by atoms with Gasteiger partial charge in [-0.2, -0.15) is 0 Å². The number of ether oxygens (including phenoxy) is 1. The first-order chi connectivity index (χ1) is 15.3. The number of anilines is 1. The minimum absolute atomic E-state index is 0.0443. The molecule has 1 aromatic heterocycles. The SMILES string of the molecule is CCCC(=O)N1CCN(c2cc3c(cc2[N+](=O)[O-])c(=O)c(OC(=O)O)cn3C2CC2)CC1. The number of rotatable bonds is 6. The minimum atomic E-state index is -1.62. The number of carboxylic acid groups (broad SMARTS) is 1. The summed E-state index contributed by atoms with van der Waals surface area (Å²) in [6.07, 6.45) is 2.70. The maximum absolute atomic E-state index is 12.8. The number of carbonyl (C=O) groups excluding carboxylic acids is 1. The fourth-order valence-corrected chi connectivity index (χ4v) is 4.14. The van der Waals surface area contributed by atoms with Crippen molar-refractivity contribution in [3.05, 3.63) is 38.7 Å². The van der Waals surface area contributed by atoms with Crippen LogP contribution in [0.5, 0.6) is 5.75 Å². The number of nitro benzene ring substituents is 1. The third-order valence-corrected chi connectivity index (χ3v) is 5.87. The van der Waals surface area contributed by atoms with Gasteiger partial charge in [-0.1, -0.05) is 6.92 Å². The number of hydrogen-bond donors (Lipinski definition) is 1. The van der Waals surface area contributed by atoms with Gasteiger partial charge in [-0.15, -0.1) is 0 Å². The molecule has 2 fully saturated rings. The van der Waals surface area contributed by atoms with Crippen molar-refractivity contribution in [1.29, 1.82) is 0 Å².